The van der Waals surface area contributed by atoms with Gasteiger partial charge in [-0.25, -0.2) is 19.4 Å². The minimum Gasteiger partial charge on any atom is -0.476 e. The van der Waals surface area contributed by atoms with Crippen LogP contribution in [0.4, 0.5) is 0 Å². The average Bonchev–Trinajstić information content (AvgIpc) is 2.82. The summed E-state index contributed by atoms with van der Waals surface area (Å²) in [5, 5.41) is 13.2. The van der Waals surface area contributed by atoms with Crippen LogP contribution in [-0.4, -0.2) is 30.8 Å². The highest BCUT2D eigenvalue weighted by molar-refractivity contribution is 5.84. The molecule has 0 saturated carbocycles. The summed E-state index contributed by atoms with van der Waals surface area (Å²) in [6.07, 6.45) is 4.34. The second-order valence-electron chi connectivity index (χ2n) is 3.81. The number of rotatable bonds is 4. The maximum atomic E-state index is 10.7. The van der Waals surface area contributed by atoms with Crippen molar-refractivity contribution in [3.8, 4) is 5.82 Å². The summed E-state index contributed by atoms with van der Waals surface area (Å²) in [6.45, 7) is 4.07. The second-order valence-corrected chi connectivity index (χ2v) is 3.81. The number of nitrogens with zero attached hydrogens (tertiary/aromatic N) is 4. The minimum atomic E-state index is -1.08. The Hall–Kier alpha value is -2.24. The van der Waals surface area contributed by atoms with Crippen molar-refractivity contribution >= 4 is 5.97 Å². The molecule has 1 N–H and O–H groups in total. The number of aromatic nitrogens is 4. The van der Waals surface area contributed by atoms with Crippen LogP contribution in [-0.2, 0) is 12.8 Å². The Morgan fingerprint density at radius 2 is 2.06 bits per heavy atom. The standard InChI is InChI=1S/C12H14N4O2/c1-3-8-5-9(4-2)16(15-8)11-7-13-10(6-14-11)12(17)18/h5-7H,3-4H2,1-2H3,(H,17,18). The molecule has 0 saturated heterocycles. The summed E-state index contributed by atoms with van der Waals surface area (Å²) < 4.78 is 1.71. The van der Waals surface area contributed by atoms with Crippen molar-refractivity contribution in [2.45, 2.75) is 26.7 Å². The molecule has 6 heteroatoms. The number of aryl methyl sites for hydroxylation is 2. The van der Waals surface area contributed by atoms with E-state index in [1.165, 1.54) is 12.4 Å². The monoisotopic (exact) mass is 246 g/mol. The van der Waals surface area contributed by atoms with Crippen LogP contribution < -0.4 is 0 Å². The molecular weight excluding hydrogens is 232 g/mol. The lowest BCUT2D eigenvalue weighted by atomic mass is 10.3. The first-order valence-electron chi connectivity index (χ1n) is 5.79. The van der Waals surface area contributed by atoms with E-state index in [0.29, 0.717) is 5.82 Å². The molecule has 0 aliphatic rings. The smallest absolute Gasteiger partial charge is 0.356 e. The van der Waals surface area contributed by atoms with Gasteiger partial charge in [0.05, 0.1) is 18.1 Å². The average molecular weight is 246 g/mol. The van der Waals surface area contributed by atoms with Gasteiger partial charge in [-0.15, -0.1) is 0 Å². The second kappa shape index (κ2) is 4.95. The summed E-state index contributed by atoms with van der Waals surface area (Å²) in [5.41, 5.74) is 1.94. The van der Waals surface area contributed by atoms with E-state index in [0.717, 1.165) is 24.2 Å². The van der Waals surface area contributed by atoms with E-state index in [4.69, 9.17) is 5.11 Å². The topological polar surface area (TPSA) is 80.9 Å². The van der Waals surface area contributed by atoms with E-state index >= 15 is 0 Å². The number of hydrogen-bond acceptors (Lipinski definition) is 4. The molecule has 0 radical (unpaired) electrons. The fourth-order valence-corrected chi connectivity index (χ4v) is 1.64. The molecule has 0 spiro atoms. The minimum absolute atomic E-state index is 0.0698. The highest BCUT2D eigenvalue weighted by Gasteiger charge is 2.10. The van der Waals surface area contributed by atoms with Crippen LogP contribution in [0.25, 0.3) is 5.82 Å². The molecule has 2 aromatic rings. The molecule has 18 heavy (non-hydrogen) atoms. The quantitative estimate of drug-likeness (QED) is 0.883. The molecule has 0 aliphatic carbocycles. The molecule has 0 atom stereocenters. The Balaban J connectivity index is 2.41. The van der Waals surface area contributed by atoms with Gasteiger partial charge >= 0.3 is 5.97 Å². The molecule has 0 aromatic carbocycles. The van der Waals surface area contributed by atoms with Gasteiger partial charge in [0.2, 0.25) is 0 Å². The number of carboxylic acid groups (broad SMARTS) is 1. The van der Waals surface area contributed by atoms with Gasteiger partial charge in [-0.2, -0.15) is 5.10 Å². The molecule has 2 aromatic heterocycles. The predicted molar refractivity (Wildman–Crippen MR) is 64.9 cm³/mol. The van der Waals surface area contributed by atoms with Crippen LogP contribution in [0.1, 0.15) is 35.7 Å². The predicted octanol–water partition coefficient (Wildman–Crippen LogP) is 1.49. The summed E-state index contributed by atoms with van der Waals surface area (Å²) >= 11 is 0. The molecule has 6 nitrogen and oxygen atoms in total. The summed E-state index contributed by atoms with van der Waals surface area (Å²) in [6, 6.07) is 2.02. The van der Waals surface area contributed by atoms with Gasteiger partial charge in [0.1, 0.15) is 0 Å². The Bertz CT molecular complexity index is 560. The SMILES string of the molecule is CCc1cc(CC)n(-c2cnc(C(=O)O)cn2)n1. The van der Waals surface area contributed by atoms with E-state index in [9.17, 15) is 4.79 Å². The van der Waals surface area contributed by atoms with Gasteiger partial charge in [0.15, 0.2) is 11.5 Å². The van der Waals surface area contributed by atoms with Crippen molar-refractivity contribution < 1.29 is 9.90 Å². The van der Waals surface area contributed by atoms with Gasteiger partial charge in [-0.1, -0.05) is 13.8 Å². The fourth-order valence-electron chi connectivity index (χ4n) is 1.64. The summed E-state index contributed by atoms with van der Waals surface area (Å²) in [5.74, 6) is -0.545. The first kappa shape index (κ1) is 12.2. The van der Waals surface area contributed by atoms with Crippen molar-refractivity contribution in [2.75, 3.05) is 0 Å². The molecule has 2 rings (SSSR count). The van der Waals surface area contributed by atoms with E-state index in [1.54, 1.807) is 4.68 Å². The largest absolute Gasteiger partial charge is 0.476 e. The van der Waals surface area contributed by atoms with Crippen molar-refractivity contribution in [1.82, 2.24) is 19.7 Å². The van der Waals surface area contributed by atoms with Crippen LogP contribution in [0, 0.1) is 0 Å². The van der Waals surface area contributed by atoms with Gasteiger partial charge in [-0.3, -0.25) is 0 Å². The van der Waals surface area contributed by atoms with Crippen molar-refractivity contribution in [3.63, 3.8) is 0 Å². The maximum Gasteiger partial charge on any atom is 0.356 e. The van der Waals surface area contributed by atoms with Crippen molar-refractivity contribution in [2.24, 2.45) is 0 Å². The van der Waals surface area contributed by atoms with Crippen LogP contribution in [0.3, 0.4) is 0 Å². The van der Waals surface area contributed by atoms with Gasteiger partial charge in [0, 0.05) is 5.69 Å². The van der Waals surface area contributed by atoms with Crippen molar-refractivity contribution in [1.29, 1.82) is 0 Å². The number of carbonyl (C=O) groups is 1. The first-order chi connectivity index (χ1) is 8.65. The Labute approximate surface area is 104 Å². The summed E-state index contributed by atoms with van der Waals surface area (Å²) in [4.78, 5) is 18.6. The molecule has 0 aliphatic heterocycles. The van der Waals surface area contributed by atoms with E-state index in [1.807, 2.05) is 19.9 Å². The third-order valence-corrected chi connectivity index (χ3v) is 2.63. The molecule has 0 amide bonds. The van der Waals surface area contributed by atoms with Crippen LogP contribution in [0.2, 0.25) is 0 Å². The Morgan fingerprint density at radius 3 is 2.56 bits per heavy atom. The zero-order chi connectivity index (χ0) is 13.1. The number of hydrogen-bond donors (Lipinski definition) is 1. The Morgan fingerprint density at radius 1 is 1.28 bits per heavy atom. The maximum absolute atomic E-state index is 10.7. The van der Waals surface area contributed by atoms with E-state index in [-0.39, 0.29) is 5.69 Å². The van der Waals surface area contributed by atoms with Crippen LogP contribution in [0.15, 0.2) is 18.5 Å². The lowest BCUT2D eigenvalue weighted by Gasteiger charge is -2.04. The van der Waals surface area contributed by atoms with Crippen molar-refractivity contribution in [3.05, 3.63) is 35.5 Å². The molecule has 2 heterocycles. The lowest BCUT2D eigenvalue weighted by molar-refractivity contribution is 0.0690. The fraction of sp³-hybridized carbons (Fsp3) is 0.333. The highest BCUT2D eigenvalue weighted by atomic mass is 16.4. The third kappa shape index (κ3) is 2.22. The number of aromatic carboxylic acids is 1. The zero-order valence-corrected chi connectivity index (χ0v) is 10.3. The van der Waals surface area contributed by atoms with Crippen LogP contribution in [0.5, 0.6) is 0 Å². The molecule has 0 unspecified atom stereocenters. The Kier molecular flexibility index (Phi) is 3.36. The number of carboxylic acids is 1. The first-order valence-corrected chi connectivity index (χ1v) is 5.79. The molecule has 94 valence electrons. The summed E-state index contributed by atoms with van der Waals surface area (Å²) in [7, 11) is 0. The normalized spacial score (nSPS) is 10.6. The van der Waals surface area contributed by atoms with Gasteiger partial charge in [-0.05, 0) is 18.9 Å². The van der Waals surface area contributed by atoms with Crippen LogP contribution >= 0.6 is 0 Å². The third-order valence-electron chi connectivity index (χ3n) is 2.63. The van der Waals surface area contributed by atoms with E-state index in [2.05, 4.69) is 15.1 Å². The zero-order valence-electron chi connectivity index (χ0n) is 10.3. The lowest BCUT2D eigenvalue weighted by Crippen LogP contribution is -2.07. The highest BCUT2D eigenvalue weighted by Crippen LogP contribution is 2.11. The van der Waals surface area contributed by atoms with Gasteiger partial charge in [0.25, 0.3) is 0 Å². The molecular formula is C12H14N4O2. The van der Waals surface area contributed by atoms with E-state index < -0.39 is 5.97 Å². The molecule has 0 bridgehead atoms. The van der Waals surface area contributed by atoms with Gasteiger partial charge < -0.3 is 5.11 Å². The molecule has 0 fully saturated rings.